The molecule has 0 saturated carbocycles. The minimum Gasteiger partial charge on any atom is -0.494 e. The second kappa shape index (κ2) is 9.33. The predicted octanol–water partition coefficient (Wildman–Crippen LogP) is 4.43. The maximum atomic E-state index is 13.3. The summed E-state index contributed by atoms with van der Waals surface area (Å²) in [6.45, 7) is 4.36. The van der Waals surface area contributed by atoms with Gasteiger partial charge < -0.3 is 25.2 Å². The van der Waals surface area contributed by atoms with E-state index in [1.54, 1.807) is 6.07 Å². The summed E-state index contributed by atoms with van der Waals surface area (Å²) in [7, 11) is 1.35. The smallest absolute Gasteiger partial charge is 0.433 e. The zero-order chi connectivity index (χ0) is 26.3. The molecule has 5 rings (SSSR count). The first kappa shape index (κ1) is 24.5. The third kappa shape index (κ3) is 4.42. The number of thiophene rings is 1. The summed E-state index contributed by atoms with van der Waals surface area (Å²) < 4.78 is 51.4. The number of oxazole rings is 1. The van der Waals surface area contributed by atoms with E-state index in [-0.39, 0.29) is 29.3 Å². The van der Waals surface area contributed by atoms with E-state index in [1.165, 1.54) is 36.9 Å². The van der Waals surface area contributed by atoms with Crippen LogP contribution in [0.1, 0.15) is 22.7 Å². The van der Waals surface area contributed by atoms with E-state index in [9.17, 15) is 18.0 Å². The highest BCUT2D eigenvalue weighted by atomic mass is 32.1. The Kier molecular flexibility index (Phi) is 6.17. The van der Waals surface area contributed by atoms with E-state index in [0.29, 0.717) is 44.9 Å². The molecule has 37 heavy (non-hydrogen) atoms. The number of rotatable bonds is 7. The van der Waals surface area contributed by atoms with Crippen molar-refractivity contribution in [3.8, 4) is 17.2 Å². The Hall–Kier alpha value is -4.23. The lowest BCUT2D eigenvalue weighted by atomic mass is 10.1. The van der Waals surface area contributed by atoms with Crippen LogP contribution in [0, 0.1) is 0 Å². The third-order valence-corrected chi connectivity index (χ3v) is 6.67. The van der Waals surface area contributed by atoms with Crippen LogP contribution in [0.5, 0.6) is 5.75 Å². The normalized spacial score (nSPS) is 11.8. The number of aromatic amines is 1. The summed E-state index contributed by atoms with van der Waals surface area (Å²) in [5.74, 6) is 0.653. The van der Waals surface area contributed by atoms with E-state index >= 15 is 0 Å². The molecule has 1 aromatic carbocycles. The second-order valence-corrected chi connectivity index (χ2v) is 8.78. The van der Waals surface area contributed by atoms with Gasteiger partial charge in [0.2, 0.25) is 5.89 Å². The lowest BCUT2D eigenvalue weighted by molar-refractivity contribution is -0.140. The highest BCUT2D eigenvalue weighted by Gasteiger charge is 2.33. The van der Waals surface area contributed by atoms with Gasteiger partial charge in [0.1, 0.15) is 33.1 Å². The van der Waals surface area contributed by atoms with E-state index in [4.69, 9.17) is 14.9 Å². The van der Waals surface area contributed by atoms with E-state index in [0.717, 1.165) is 11.6 Å². The van der Waals surface area contributed by atoms with Gasteiger partial charge in [-0.1, -0.05) is 6.58 Å². The molecule has 0 bridgehead atoms. The van der Waals surface area contributed by atoms with Gasteiger partial charge in [0.15, 0.2) is 0 Å². The predicted molar refractivity (Wildman–Crippen MR) is 133 cm³/mol. The van der Waals surface area contributed by atoms with Crippen LogP contribution in [0.25, 0.3) is 38.3 Å². The number of benzene rings is 1. The minimum atomic E-state index is -4.61. The molecule has 4 aromatic heterocycles. The molecule has 0 saturated heterocycles. The number of H-pyrrole nitrogens is 1. The number of fused-ring (bicyclic) bond motifs is 2. The molecule has 0 fully saturated rings. The molecule has 0 unspecified atom stereocenters. The van der Waals surface area contributed by atoms with Gasteiger partial charge in [-0.2, -0.15) is 13.2 Å². The lowest BCUT2D eigenvalue weighted by Crippen LogP contribution is -2.13. The molecule has 0 spiro atoms. The standard InChI is InChI=1S/C24H19F3N6O3S/c1-11(29-8-12-9-37-21-19(12)30-10-31-22(21)34)18-16(7-28)36-23(33-18)14-3-5-15(35-2)20-13(14)4-6-17(32-20)24(25,26)27/h3-6,9-10,29H,1,7-8,28H2,2H3,(H,30,31,34). The minimum absolute atomic E-state index is 0.00586. The van der Waals surface area contributed by atoms with Gasteiger partial charge in [0.05, 0.1) is 31.2 Å². The van der Waals surface area contributed by atoms with Crippen LogP contribution < -0.4 is 21.3 Å². The number of nitrogens with zero attached hydrogens (tertiary/aromatic N) is 3. The first-order chi connectivity index (χ1) is 17.7. The first-order valence-corrected chi connectivity index (χ1v) is 11.7. The highest BCUT2D eigenvalue weighted by molar-refractivity contribution is 7.17. The number of methoxy groups -OCH3 is 1. The number of pyridine rings is 1. The molecular weight excluding hydrogens is 509 g/mol. The van der Waals surface area contributed by atoms with Crippen molar-refractivity contribution < 1.29 is 22.3 Å². The zero-order valence-electron chi connectivity index (χ0n) is 19.3. The van der Waals surface area contributed by atoms with Crippen LogP contribution in [0.2, 0.25) is 0 Å². The molecule has 4 N–H and O–H groups in total. The molecular formula is C24H19F3N6O3S. The average Bonchev–Trinajstić information content (AvgIpc) is 3.51. The van der Waals surface area contributed by atoms with Gasteiger partial charge in [0, 0.05) is 23.1 Å². The quantitative estimate of drug-likeness (QED) is 0.283. The Bertz CT molecular complexity index is 1710. The summed E-state index contributed by atoms with van der Waals surface area (Å²) in [5, 5.41) is 5.35. The van der Waals surface area contributed by atoms with Gasteiger partial charge >= 0.3 is 6.18 Å². The van der Waals surface area contributed by atoms with Crippen LogP contribution in [0.15, 0.2) is 51.8 Å². The van der Waals surface area contributed by atoms with Gasteiger partial charge in [-0.15, -0.1) is 11.3 Å². The molecule has 0 amide bonds. The molecule has 0 atom stereocenters. The van der Waals surface area contributed by atoms with Crippen molar-refractivity contribution in [3.05, 3.63) is 75.6 Å². The van der Waals surface area contributed by atoms with Crippen molar-refractivity contribution in [2.45, 2.75) is 19.3 Å². The molecule has 9 nitrogen and oxygen atoms in total. The van der Waals surface area contributed by atoms with E-state index in [1.807, 2.05) is 5.38 Å². The number of halogens is 3. The second-order valence-electron chi connectivity index (χ2n) is 7.90. The SMILES string of the molecule is C=C(NCc1csc2c(=O)[nH]cnc12)c1nc(-c2ccc(OC)c3nc(C(F)(F)F)ccc23)oc1CN. The lowest BCUT2D eigenvalue weighted by Gasteiger charge is -2.11. The number of ether oxygens (including phenoxy) is 1. The summed E-state index contributed by atoms with van der Waals surface area (Å²) in [6, 6.07) is 5.32. The Balaban J connectivity index is 1.49. The number of alkyl halides is 3. The maximum absolute atomic E-state index is 13.3. The summed E-state index contributed by atoms with van der Waals surface area (Å²) in [5.41, 5.74) is 7.23. The molecule has 0 aliphatic carbocycles. The van der Waals surface area contributed by atoms with Crippen molar-refractivity contribution in [3.63, 3.8) is 0 Å². The van der Waals surface area contributed by atoms with Crippen LogP contribution in [-0.2, 0) is 19.3 Å². The Morgan fingerprint density at radius 3 is 2.78 bits per heavy atom. The summed E-state index contributed by atoms with van der Waals surface area (Å²) >= 11 is 1.29. The van der Waals surface area contributed by atoms with Crippen molar-refractivity contribution in [2.75, 3.05) is 7.11 Å². The van der Waals surface area contributed by atoms with Crippen molar-refractivity contribution >= 4 is 38.2 Å². The highest BCUT2D eigenvalue weighted by Crippen LogP contribution is 2.37. The zero-order valence-corrected chi connectivity index (χ0v) is 20.1. The Morgan fingerprint density at radius 2 is 2.05 bits per heavy atom. The third-order valence-electron chi connectivity index (χ3n) is 5.66. The molecule has 0 radical (unpaired) electrons. The van der Waals surface area contributed by atoms with Crippen LogP contribution in [0.4, 0.5) is 13.2 Å². The fraction of sp³-hybridized carbons (Fsp3) is 0.167. The molecule has 0 aliphatic rings. The molecule has 5 aromatic rings. The van der Waals surface area contributed by atoms with Crippen LogP contribution >= 0.6 is 11.3 Å². The number of hydrogen-bond donors (Lipinski definition) is 3. The van der Waals surface area contributed by atoms with Crippen LogP contribution in [-0.4, -0.2) is 27.0 Å². The van der Waals surface area contributed by atoms with Crippen LogP contribution in [0.3, 0.4) is 0 Å². The number of nitrogens with two attached hydrogens (primary N) is 1. The number of aromatic nitrogens is 4. The number of hydrogen-bond acceptors (Lipinski definition) is 9. The molecule has 4 heterocycles. The first-order valence-electron chi connectivity index (χ1n) is 10.8. The van der Waals surface area contributed by atoms with Gasteiger partial charge in [-0.05, 0) is 29.6 Å². The molecule has 0 aliphatic heterocycles. The molecule has 13 heteroatoms. The number of nitrogens with one attached hydrogen (secondary N) is 2. The average molecular weight is 529 g/mol. The van der Waals surface area contributed by atoms with Crippen molar-refractivity contribution in [2.24, 2.45) is 5.73 Å². The topological polar surface area (TPSA) is 132 Å². The molecule has 190 valence electrons. The van der Waals surface area contributed by atoms with Gasteiger partial charge in [0.25, 0.3) is 5.56 Å². The van der Waals surface area contributed by atoms with E-state index < -0.39 is 11.9 Å². The Labute approximate surface area is 210 Å². The van der Waals surface area contributed by atoms with Crippen molar-refractivity contribution in [1.82, 2.24) is 25.3 Å². The fourth-order valence-corrected chi connectivity index (χ4v) is 4.78. The maximum Gasteiger partial charge on any atom is 0.433 e. The summed E-state index contributed by atoms with van der Waals surface area (Å²) in [6.07, 6.45) is -3.27. The summed E-state index contributed by atoms with van der Waals surface area (Å²) in [4.78, 5) is 27.0. The largest absolute Gasteiger partial charge is 0.494 e. The van der Waals surface area contributed by atoms with Gasteiger partial charge in [-0.25, -0.2) is 15.0 Å². The monoisotopic (exact) mass is 528 g/mol. The van der Waals surface area contributed by atoms with Gasteiger partial charge in [-0.3, -0.25) is 4.79 Å². The Morgan fingerprint density at radius 1 is 1.24 bits per heavy atom. The van der Waals surface area contributed by atoms with E-state index in [2.05, 4.69) is 31.8 Å². The fourth-order valence-electron chi connectivity index (χ4n) is 3.86. The van der Waals surface area contributed by atoms with Crippen molar-refractivity contribution in [1.29, 1.82) is 0 Å².